The maximum atomic E-state index is 12.2. The highest BCUT2D eigenvalue weighted by atomic mass is 16.5. The Morgan fingerprint density at radius 3 is 2.33 bits per heavy atom. The Balaban J connectivity index is 1.15. The van der Waals surface area contributed by atoms with Crippen LogP contribution in [-0.4, -0.2) is 61.1 Å². The van der Waals surface area contributed by atoms with E-state index in [9.17, 15) is 4.79 Å². The van der Waals surface area contributed by atoms with E-state index in [4.69, 9.17) is 4.74 Å². The van der Waals surface area contributed by atoms with Gasteiger partial charge in [-0.05, 0) is 88.0 Å². The number of likely N-dealkylation sites (tertiary alicyclic amines) is 2. The lowest BCUT2D eigenvalue weighted by Crippen LogP contribution is -2.42. The molecule has 1 N–H and O–H groups in total. The first kappa shape index (κ1) is 23.8. The molecule has 0 spiro atoms. The summed E-state index contributed by atoms with van der Waals surface area (Å²) in [5.74, 6) is 1.65. The summed E-state index contributed by atoms with van der Waals surface area (Å²) >= 11 is 0. The monoisotopic (exact) mass is 449 g/mol. The summed E-state index contributed by atoms with van der Waals surface area (Å²) in [6.07, 6.45) is 6.09. The van der Waals surface area contributed by atoms with Crippen molar-refractivity contribution in [1.29, 1.82) is 0 Å². The first-order chi connectivity index (χ1) is 16.2. The predicted octanol–water partition coefficient (Wildman–Crippen LogP) is 4.44. The quantitative estimate of drug-likeness (QED) is 0.615. The van der Waals surface area contributed by atoms with E-state index in [1.807, 2.05) is 6.92 Å². The number of hydrogen-bond acceptors (Lipinski definition) is 4. The number of carbonyl (C=O) groups is 1. The van der Waals surface area contributed by atoms with Crippen molar-refractivity contribution in [2.75, 3.05) is 39.3 Å². The van der Waals surface area contributed by atoms with Crippen molar-refractivity contribution in [3.8, 4) is 5.75 Å². The Labute approximate surface area is 199 Å². The molecule has 2 aliphatic heterocycles. The number of carbonyl (C=O) groups excluding carboxylic acids is 1. The van der Waals surface area contributed by atoms with E-state index >= 15 is 0 Å². The Hall–Kier alpha value is -2.37. The van der Waals surface area contributed by atoms with Crippen molar-refractivity contribution >= 4 is 5.91 Å². The summed E-state index contributed by atoms with van der Waals surface area (Å²) in [4.78, 5) is 17.0. The normalized spacial score (nSPS) is 19.2. The molecule has 2 heterocycles. The number of ether oxygens (including phenoxy) is 1. The molecule has 0 unspecified atom stereocenters. The molecule has 178 valence electrons. The van der Waals surface area contributed by atoms with Gasteiger partial charge in [-0.25, -0.2) is 0 Å². The lowest BCUT2D eigenvalue weighted by molar-refractivity contribution is -0.122. The third kappa shape index (κ3) is 7.58. The zero-order valence-electron chi connectivity index (χ0n) is 20.0. The molecule has 1 amide bonds. The smallest absolute Gasteiger partial charge is 0.234 e. The van der Waals surface area contributed by atoms with E-state index in [0.29, 0.717) is 19.0 Å². The molecule has 2 aromatic carbocycles. The molecule has 2 fully saturated rings. The zero-order valence-corrected chi connectivity index (χ0v) is 20.0. The van der Waals surface area contributed by atoms with Crippen LogP contribution in [0.4, 0.5) is 0 Å². The van der Waals surface area contributed by atoms with Gasteiger partial charge in [-0.1, -0.05) is 48.9 Å². The average molecular weight is 450 g/mol. The van der Waals surface area contributed by atoms with Crippen LogP contribution >= 0.6 is 0 Å². The van der Waals surface area contributed by atoms with Crippen LogP contribution in [-0.2, 0) is 11.3 Å². The van der Waals surface area contributed by atoms with Crippen molar-refractivity contribution in [2.24, 2.45) is 0 Å². The summed E-state index contributed by atoms with van der Waals surface area (Å²) < 4.78 is 6.02. The molecule has 0 saturated carbocycles. The van der Waals surface area contributed by atoms with Gasteiger partial charge in [-0.2, -0.15) is 0 Å². The average Bonchev–Trinajstić information content (AvgIpc) is 2.86. The predicted molar refractivity (Wildman–Crippen MR) is 134 cm³/mol. The first-order valence-corrected chi connectivity index (χ1v) is 12.7. The first-order valence-electron chi connectivity index (χ1n) is 12.7. The second kappa shape index (κ2) is 12.2. The fraction of sp³-hybridized carbons (Fsp3) is 0.536. The van der Waals surface area contributed by atoms with Crippen molar-refractivity contribution in [2.45, 2.75) is 57.6 Å². The van der Waals surface area contributed by atoms with Crippen LogP contribution in [0.2, 0.25) is 0 Å². The number of piperidine rings is 2. The molecule has 5 heteroatoms. The standard InChI is InChI=1S/C28H39N3O2/c1-23(20-29-28(32)22-30-16-6-3-7-17-30)33-27-12-10-24(11-13-27)21-31-18-14-26(15-19-31)25-8-4-2-5-9-25/h2,4-5,8-13,23,26H,3,6-7,14-22H2,1H3,(H,29,32)/t23-/m1/s1. The molecule has 0 radical (unpaired) electrons. The molecule has 2 aromatic rings. The van der Waals surface area contributed by atoms with Gasteiger partial charge in [0.1, 0.15) is 11.9 Å². The highest BCUT2D eigenvalue weighted by Crippen LogP contribution is 2.28. The van der Waals surface area contributed by atoms with Gasteiger partial charge in [0.05, 0.1) is 13.1 Å². The zero-order chi connectivity index (χ0) is 22.9. The SMILES string of the molecule is C[C@H](CNC(=O)CN1CCCCC1)Oc1ccc(CN2CCC(c3ccccc3)CC2)cc1. The van der Waals surface area contributed by atoms with Gasteiger partial charge >= 0.3 is 0 Å². The Morgan fingerprint density at radius 1 is 0.939 bits per heavy atom. The van der Waals surface area contributed by atoms with Crippen molar-refractivity contribution in [1.82, 2.24) is 15.1 Å². The van der Waals surface area contributed by atoms with Gasteiger partial charge in [0.25, 0.3) is 0 Å². The van der Waals surface area contributed by atoms with E-state index in [-0.39, 0.29) is 12.0 Å². The van der Waals surface area contributed by atoms with Gasteiger partial charge in [0, 0.05) is 6.54 Å². The number of hydrogen-bond donors (Lipinski definition) is 1. The van der Waals surface area contributed by atoms with Crippen LogP contribution < -0.4 is 10.1 Å². The maximum absolute atomic E-state index is 12.2. The molecule has 2 aliphatic rings. The van der Waals surface area contributed by atoms with Crippen molar-refractivity contribution in [3.63, 3.8) is 0 Å². The third-order valence-electron chi connectivity index (χ3n) is 6.93. The topological polar surface area (TPSA) is 44.8 Å². The Morgan fingerprint density at radius 2 is 1.64 bits per heavy atom. The van der Waals surface area contributed by atoms with Gasteiger partial charge in [0.15, 0.2) is 0 Å². The third-order valence-corrected chi connectivity index (χ3v) is 6.93. The number of rotatable bonds is 9. The number of nitrogens with one attached hydrogen (secondary N) is 1. The summed E-state index contributed by atoms with van der Waals surface area (Å²) in [5, 5.41) is 3.02. The van der Waals surface area contributed by atoms with Gasteiger partial charge < -0.3 is 10.1 Å². The van der Waals surface area contributed by atoms with Gasteiger partial charge in [-0.15, -0.1) is 0 Å². The fourth-order valence-electron chi connectivity index (χ4n) is 4.99. The molecule has 1 atom stereocenters. The molecular formula is C28H39N3O2. The summed E-state index contributed by atoms with van der Waals surface area (Å²) in [6.45, 7) is 8.40. The highest BCUT2D eigenvalue weighted by Gasteiger charge is 2.20. The summed E-state index contributed by atoms with van der Waals surface area (Å²) in [6, 6.07) is 19.4. The maximum Gasteiger partial charge on any atom is 0.234 e. The fourth-order valence-corrected chi connectivity index (χ4v) is 4.99. The molecule has 0 bridgehead atoms. The van der Waals surface area contributed by atoms with Gasteiger partial charge in [-0.3, -0.25) is 14.6 Å². The highest BCUT2D eigenvalue weighted by molar-refractivity contribution is 5.78. The van der Waals surface area contributed by atoms with E-state index in [1.54, 1.807) is 0 Å². The van der Waals surface area contributed by atoms with Crippen molar-refractivity contribution < 1.29 is 9.53 Å². The van der Waals surface area contributed by atoms with Crippen LogP contribution in [0.15, 0.2) is 54.6 Å². The molecule has 0 aromatic heterocycles. The lowest BCUT2D eigenvalue weighted by atomic mass is 9.89. The second-order valence-electron chi connectivity index (χ2n) is 9.67. The van der Waals surface area contributed by atoms with E-state index in [0.717, 1.165) is 38.5 Å². The Kier molecular flexibility index (Phi) is 8.79. The Bertz CT molecular complexity index is 841. The molecule has 33 heavy (non-hydrogen) atoms. The molecule has 2 saturated heterocycles. The molecule has 4 rings (SSSR count). The molecule has 5 nitrogen and oxygen atoms in total. The van der Waals surface area contributed by atoms with Crippen LogP contribution in [0.1, 0.15) is 56.1 Å². The number of nitrogens with zero attached hydrogens (tertiary/aromatic N) is 2. The van der Waals surface area contributed by atoms with E-state index in [1.165, 1.54) is 43.2 Å². The van der Waals surface area contributed by atoms with Crippen LogP contribution in [0.25, 0.3) is 0 Å². The van der Waals surface area contributed by atoms with Crippen LogP contribution in [0.3, 0.4) is 0 Å². The van der Waals surface area contributed by atoms with Crippen LogP contribution in [0.5, 0.6) is 5.75 Å². The minimum absolute atomic E-state index is 0.0572. The van der Waals surface area contributed by atoms with E-state index < -0.39 is 0 Å². The molecule has 0 aliphatic carbocycles. The van der Waals surface area contributed by atoms with Crippen LogP contribution in [0, 0.1) is 0 Å². The second-order valence-corrected chi connectivity index (χ2v) is 9.67. The van der Waals surface area contributed by atoms with Crippen molar-refractivity contribution in [3.05, 3.63) is 65.7 Å². The summed E-state index contributed by atoms with van der Waals surface area (Å²) in [5.41, 5.74) is 2.80. The largest absolute Gasteiger partial charge is 0.489 e. The molecular weight excluding hydrogens is 410 g/mol. The summed E-state index contributed by atoms with van der Waals surface area (Å²) in [7, 11) is 0. The van der Waals surface area contributed by atoms with Gasteiger partial charge in [0.2, 0.25) is 5.91 Å². The minimum atomic E-state index is -0.0572. The lowest BCUT2D eigenvalue weighted by Gasteiger charge is -2.32. The minimum Gasteiger partial charge on any atom is -0.489 e. The van der Waals surface area contributed by atoms with E-state index in [2.05, 4.69) is 69.7 Å². The number of amides is 1. The number of benzene rings is 2.